The molecule has 0 aliphatic heterocycles. The smallest absolute Gasteiger partial charge is 0.254 e. The van der Waals surface area contributed by atoms with E-state index >= 15 is 0 Å². The van der Waals surface area contributed by atoms with Gasteiger partial charge in [0.1, 0.15) is 12.8 Å². The van der Waals surface area contributed by atoms with Gasteiger partial charge in [0, 0.05) is 22.6 Å². The number of hydrogen-bond acceptors (Lipinski definition) is 4. The number of nitrogens with zero attached hydrogens (tertiary/aromatic N) is 2. The van der Waals surface area contributed by atoms with Crippen LogP contribution in [-0.2, 0) is 4.79 Å². The fourth-order valence-electron chi connectivity index (χ4n) is 2.04. The standard InChI is InChI=1S/C16H18BrN3O3/c1-2-3-8-20(11-15(21)18-14-7-9-23-19-14)16(22)12-5-4-6-13(17)10-12/h4-7,9-10H,2-3,8,11H2,1H3,(H,18,19,21). The summed E-state index contributed by atoms with van der Waals surface area (Å²) in [6.45, 7) is 2.53. The minimum atomic E-state index is -0.307. The SMILES string of the molecule is CCCCN(CC(=O)Nc1ccon1)C(=O)c1cccc(Br)c1. The average molecular weight is 380 g/mol. The van der Waals surface area contributed by atoms with Crippen LogP contribution in [0.4, 0.5) is 5.82 Å². The molecule has 23 heavy (non-hydrogen) atoms. The molecule has 0 saturated heterocycles. The van der Waals surface area contributed by atoms with Crippen LogP contribution >= 0.6 is 15.9 Å². The van der Waals surface area contributed by atoms with Crippen molar-refractivity contribution >= 4 is 33.6 Å². The van der Waals surface area contributed by atoms with Crippen molar-refractivity contribution < 1.29 is 14.1 Å². The van der Waals surface area contributed by atoms with Crippen molar-refractivity contribution in [3.63, 3.8) is 0 Å². The maximum absolute atomic E-state index is 12.6. The molecule has 2 amide bonds. The maximum Gasteiger partial charge on any atom is 0.254 e. The van der Waals surface area contributed by atoms with Gasteiger partial charge in [-0.3, -0.25) is 9.59 Å². The van der Waals surface area contributed by atoms with Gasteiger partial charge in [0.25, 0.3) is 5.91 Å². The summed E-state index contributed by atoms with van der Waals surface area (Å²) in [5.74, 6) is -0.145. The van der Waals surface area contributed by atoms with E-state index in [1.807, 2.05) is 13.0 Å². The molecule has 2 aromatic rings. The lowest BCUT2D eigenvalue weighted by Gasteiger charge is -2.22. The van der Waals surface area contributed by atoms with Crippen molar-refractivity contribution in [3.8, 4) is 0 Å². The zero-order chi connectivity index (χ0) is 16.7. The van der Waals surface area contributed by atoms with Gasteiger partial charge in [-0.05, 0) is 24.6 Å². The molecule has 1 aromatic carbocycles. The Morgan fingerprint density at radius 3 is 2.83 bits per heavy atom. The van der Waals surface area contributed by atoms with Crippen molar-refractivity contribution in [2.45, 2.75) is 19.8 Å². The van der Waals surface area contributed by atoms with Crippen LogP contribution in [0.2, 0.25) is 0 Å². The van der Waals surface area contributed by atoms with Crippen molar-refractivity contribution in [3.05, 3.63) is 46.6 Å². The van der Waals surface area contributed by atoms with Gasteiger partial charge in [-0.15, -0.1) is 0 Å². The average Bonchev–Trinajstić information content (AvgIpc) is 3.03. The lowest BCUT2D eigenvalue weighted by molar-refractivity contribution is -0.116. The van der Waals surface area contributed by atoms with Gasteiger partial charge < -0.3 is 14.7 Å². The van der Waals surface area contributed by atoms with Crippen LogP contribution in [0.3, 0.4) is 0 Å². The third kappa shape index (κ3) is 5.21. The largest absolute Gasteiger partial charge is 0.363 e. The molecule has 122 valence electrons. The highest BCUT2D eigenvalue weighted by atomic mass is 79.9. The number of halogens is 1. The Morgan fingerprint density at radius 2 is 2.17 bits per heavy atom. The number of anilines is 1. The molecule has 0 aliphatic carbocycles. The van der Waals surface area contributed by atoms with Crippen molar-refractivity contribution in [1.82, 2.24) is 10.1 Å². The normalized spacial score (nSPS) is 10.3. The van der Waals surface area contributed by atoms with Gasteiger partial charge in [0.15, 0.2) is 5.82 Å². The van der Waals surface area contributed by atoms with E-state index in [0.29, 0.717) is 17.9 Å². The predicted molar refractivity (Wildman–Crippen MR) is 90.1 cm³/mol. The Kier molecular flexibility index (Phi) is 6.34. The topological polar surface area (TPSA) is 75.4 Å². The van der Waals surface area contributed by atoms with Crippen LogP contribution in [0, 0.1) is 0 Å². The number of rotatable bonds is 7. The van der Waals surface area contributed by atoms with Crippen LogP contribution in [0.5, 0.6) is 0 Å². The Hall–Kier alpha value is -2.15. The van der Waals surface area contributed by atoms with Crippen LogP contribution < -0.4 is 5.32 Å². The Bertz CT molecular complexity index is 658. The molecule has 0 unspecified atom stereocenters. The van der Waals surface area contributed by atoms with Gasteiger partial charge in [0.2, 0.25) is 5.91 Å². The Balaban J connectivity index is 2.06. The minimum absolute atomic E-state index is 0.0296. The van der Waals surface area contributed by atoms with Crippen molar-refractivity contribution in [2.75, 3.05) is 18.4 Å². The molecule has 0 radical (unpaired) electrons. The molecule has 0 aliphatic rings. The molecular formula is C16H18BrN3O3. The van der Waals surface area contributed by atoms with Gasteiger partial charge in [-0.1, -0.05) is 40.5 Å². The second-order valence-corrected chi connectivity index (χ2v) is 5.94. The number of hydrogen-bond donors (Lipinski definition) is 1. The molecule has 0 fully saturated rings. The lowest BCUT2D eigenvalue weighted by atomic mass is 10.2. The monoisotopic (exact) mass is 379 g/mol. The summed E-state index contributed by atoms with van der Waals surface area (Å²) in [6.07, 6.45) is 3.14. The first-order valence-corrected chi connectivity index (χ1v) is 8.14. The van der Waals surface area contributed by atoms with Gasteiger partial charge >= 0.3 is 0 Å². The first-order chi connectivity index (χ1) is 11.1. The summed E-state index contributed by atoms with van der Waals surface area (Å²) < 4.78 is 5.49. The highest BCUT2D eigenvalue weighted by Gasteiger charge is 2.19. The summed E-state index contributed by atoms with van der Waals surface area (Å²) in [4.78, 5) is 26.3. The molecule has 0 saturated carbocycles. The first-order valence-electron chi connectivity index (χ1n) is 7.35. The minimum Gasteiger partial charge on any atom is -0.363 e. The fourth-order valence-corrected chi connectivity index (χ4v) is 2.44. The number of aromatic nitrogens is 1. The van der Waals surface area contributed by atoms with Crippen molar-refractivity contribution in [2.24, 2.45) is 0 Å². The third-order valence-corrected chi connectivity index (χ3v) is 3.67. The highest BCUT2D eigenvalue weighted by molar-refractivity contribution is 9.10. The molecule has 7 heteroatoms. The zero-order valence-corrected chi connectivity index (χ0v) is 14.4. The number of unbranched alkanes of at least 4 members (excludes halogenated alkanes) is 1. The van der Waals surface area contributed by atoms with E-state index in [2.05, 4.69) is 30.9 Å². The van der Waals surface area contributed by atoms with Crippen LogP contribution in [0.15, 0.2) is 45.6 Å². The third-order valence-electron chi connectivity index (χ3n) is 3.18. The highest BCUT2D eigenvalue weighted by Crippen LogP contribution is 2.14. The zero-order valence-electron chi connectivity index (χ0n) is 12.8. The number of amides is 2. The van der Waals surface area contributed by atoms with E-state index in [1.165, 1.54) is 6.26 Å². The maximum atomic E-state index is 12.6. The fraction of sp³-hybridized carbons (Fsp3) is 0.312. The molecular weight excluding hydrogens is 362 g/mol. The number of nitrogens with one attached hydrogen (secondary N) is 1. The molecule has 6 nitrogen and oxygen atoms in total. The first kappa shape index (κ1) is 17.2. The predicted octanol–water partition coefficient (Wildman–Crippen LogP) is 3.32. The van der Waals surface area contributed by atoms with Crippen LogP contribution in [0.1, 0.15) is 30.1 Å². The summed E-state index contributed by atoms with van der Waals surface area (Å²) in [5.41, 5.74) is 0.546. The number of carbonyl (C=O) groups is 2. The van der Waals surface area contributed by atoms with Gasteiger partial charge in [-0.25, -0.2) is 0 Å². The second kappa shape index (κ2) is 8.47. The van der Waals surface area contributed by atoms with Crippen LogP contribution in [0.25, 0.3) is 0 Å². The quantitative estimate of drug-likeness (QED) is 0.800. The van der Waals surface area contributed by atoms with E-state index < -0.39 is 0 Å². The van der Waals surface area contributed by atoms with E-state index in [0.717, 1.165) is 17.3 Å². The summed E-state index contributed by atoms with van der Waals surface area (Å²) in [7, 11) is 0. The van der Waals surface area contributed by atoms with Crippen LogP contribution in [-0.4, -0.2) is 35.0 Å². The lowest BCUT2D eigenvalue weighted by Crippen LogP contribution is -2.38. The summed E-state index contributed by atoms with van der Waals surface area (Å²) in [6, 6.07) is 8.68. The van der Waals surface area contributed by atoms with E-state index in [4.69, 9.17) is 0 Å². The van der Waals surface area contributed by atoms with E-state index in [-0.39, 0.29) is 18.4 Å². The molecule has 0 atom stereocenters. The molecule has 0 spiro atoms. The van der Waals surface area contributed by atoms with E-state index in [9.17, 15) is 9.59 Å². The molecule has 1 heterocycles. The molecule has 2 rings (SSSR count). The molecule has 1 aromatic heterocycles. The summed E-state index contributed by atoms with van der Waals surface area (Å²) in [5, 5.41) is 6.22. The van der Waals surface area contributed by atoms with Gasteiger partial charge in [-0.2, -0.15) is 0 Å². The Morgan fingerprint density at radius 1 is 1.35 bits per heavy atom. The number of benzene rings is 1. The summed E-state index contributed by atoms with van der Waals surface area (Å²) >= 11 is 3.35. The van der Waals surface area contributed by atoms with Gasteiger partial charge in [0.05, 0.1) is 0 Å². The molecule has 0 bridgehead atoms. The molecule has 1 N–H and O–H groups in total. The second-order valence-electron chi connectivity index (χ2n) is 5.02. The van der Waals surface area contributed by atoms with Crippen molar-refractivity contribution in [1.29, 1.82) is 0 Å². The number of carbonyl (C=O) groups excluding carboxylic acids is 2. The Labute approximate surface area is 143 Å². The van der Waals surface area contributed by atoms with E-state index in [1.54, 1.807) is 29.2 Å².